The van der Waals surface area contributed by atoms with E-state index in [1.54, 1.807) is 55.6 Å². The number of amides is 1. The largest absolute Gasteiger partial charge is 0.497 e. The van der Waals surface area contributed by atoms with Crippen LogP contribution < -0.4 is 19.1 Å². The van der Waals surface area contributed by atoms with Crippen molar-refractivity contribution in [2.75, 3.05) is 30.4 Å². The number of aromatic nitrogens is 2. The van der Waals surface area contributed by atoms with Crippen molar-refractivity contribution in [1.29, 1.82) is 0 Å². The molecule has 0 saturated carbocycles. The van der Waals surface area contributed by atoms with Crippen molar-refractivity contribution < 1.29 is 22.7 Å². The highest BCUT2D eigenvalue weighted by molar-refractivity contribution is 7.94. The predicted molar refractivity (Wildman–Crippen MR) is 123 cm³/mol. The summed E-state index contributed by atoms with van der Waals surface area (Å²) in [6.07, 6.45) is 0. The van der Waals surface area contributed by atoms with Gasteiger partial charge in [-0.25, -0.2) is 0 Å². The maximum Gasteiger partial charge on any atom is 0.293 e. The molecule has 1 heterocycles. The molecular weight excluding hydrogens is 452 g/mol. The number of carbonyl (C=O) groups is 1. The Balaban J connectivity index is 1.85. The van der Waals surface area contributed by atoms with E-state index < -0.39 is 15.9 Å². The lowest BCUT2D eigenvalue weighted by molar-refractivity contribution is 0.102. The van der Waals surface area contributed by atoms with Crippen molar-refractivity contribution in [3.05, 3.63) is 54.1 Å². The molecule has 0 radical (unpaired) electrons. The summed E-state index contributed by atoms with van der Waals surface area (Å²) in [5.74, 6) is 0.765. The highest BCUT2D eigenvalue weighted by Crippen LogP contribution is 2.30. The molecular formula is C21H24N4O5S2. The first-order valence-electron chi connectivity index (χ1n) is 9.70. The van der Waals surface area contributed by atoms with Gasteiger partial charge in [0.2, 0.25) is 5.13 Å². The summed E-state index contributed by atoms with van der Waals surface area (Å²) in [7, 11) is -0.946. The van der Waals surface area contributed by atoms with Crippen LogP contribution in [0.4, 0.5) is 10.8 Å². The fourth-order valence-electron chi connectivity index (χ4n) is 2.81. The van der Waals surface area contributed by atoms with Gasteiger partial charge in [-0.05, 0) is 48.4 Å². The van der Waals surface area contributed by atoms with Crippen molar-refractivity contribution in [1.82, 2.24) is 10.2 Å². The Labute approximate surface area is 191 Å². The van der Waals surface area contributed by atoms with Gasteiger partial charge in [0.15, 0.2) is 0 Å². The van der Waals surface area contributed by atoms with Crippen molar-refractivity contribution in [2.24, 2.45) is 5.92 Å². The first-order chi connectivity index (χ1) is 15.2. The second-order valence-electron chi connectivity index (χ2n) is 7.19. The number of nitrogens with one attached hydrogen (secondary N) is 1. The maximum atomic E-state index is 13.3. The third kappa shape index (κ3) is 5.35. The summed E-state index contributed by atoms with van der Waals surface area (Å²) in [5, 5.41) is 10.3. The van der Waals surface area contributed by atoms with Gasteiger partial charge < -0.3 is 9.47 Å². The zero-order chi connectivity index (χ0) is 23.3. The normalized spacial score (nSPS) is 11.3. The fourth-order valence-corrected chi connectivity index (χ4v) is 5.44. The Morgan fingerprint density at radius 2 is 1.75 bits per heavy atom. The van der Waals surface area contributed by atoms with Gasteiger partial charge in [0.1, 0.15) is 11.5 Å². The van der Waals surface area contributed by atoms with Crippen molar-refractivity contribution in [3.8, 4) is 11.5 Å². The van der Waals surface area contributed by atoms with E-state index in [0.29, 0.717) is 22.7 Å². The Hall–Kier alpha value is -3.18. The van der Waals surface area contributed by atoms with Crippen LogP contribution in [-0.2, 0) is 10.0 Å². The van der Waals surface area contributed by atoms with Gasteiger partial charge in [-0.3, -0.25) is 14.4 Å². The van der Waals surface area contributed by atoms with Crippen molar-refractivity contribution in [3.63, 3.8) is 0 Å². The lowest BCUT2D eigenvalue weighted by Crippen LogP contribution is -2.34. The topological polar surface area (TPSA) is 111 Å². The number of hydrogen-bond donors (Lipinski definition) is 1. The fraction of sp³-hybridized carbons (Fsp3) is 0.286. The SMILES string of the molecule is COc1ccc(N(CC(C)C)S(=O)(=O)c2nnc(NC(=O)c3cccc(OC)c3)s2)cc1. The molecule has 0 aliphatic carbocycles. The molecule has 0 atom stereocenters. The standard InChI is InChI=1S/C21H24N4O5S2/c1-14(2)13-25(16-8-10-17(29-3)11-9-16)32(27,28)21-24-23-20(31-21)22-19(26)15-6-5-7-18(12-15)30-4/h5-12,14H,13H2,1-4H3,(H,22,23,26). The molecule has 0 unspecified atom stereocenters. The van der Waals surface area contributed by atoms with Gasteiger partial charge in [0, 0.05) is 12.1 Å². The first-order valence-corrected chi connectivity index (χ1v) is 12.0. The molecule has 0 aliphatic heterocycles. The minimum absolute atomic E-state index is 0.0621. The van der Waals surface area contributed by atoms with Gasteiger partial charge in [-0.2, -0.15) is 8.42 Å². The van der Waals surface area contributed by atoms with Crippen molar-refractivity contribution >= 4 is 38.1 Å². The lowest BCUT2D eigenvalue weighted by atomic mass is 10.2. The Morgan fingerprint density at radius 3 is 2.38 bits per heavy atom. The van der Waals surface area contributed by atoms with E-state index in [9.17, 15) is 13.2 Å². The predicted octanol–water partition coefficient (Wildman–Crippen LogP) is 3.66. The second kappa shape index (κ2) is 9.96. The number of sulfonamides is 1. The molecule has 0 saturated heterocycles. The lowest BCUT2D eigenvalue weighted by Gasteiger charge is -2.24. The minimum atomic E-state index is -3.99. The molecule has 0 spiro atoms. The van der Waals surface area contributed by atoms with E-state index in [-0.39, 0.29) is 21.9 Å². The summed E-state index contributed by atoms with van der Waals surface area (Å²) in [6, 6.07) is 13.3. The molecule has 0 fully saturated rings. The highest BCUT2D eigenvalue weighted by Gasteiger charge is 2.30. The van der Waals surface area contributed by atoms with Crippen LogP contribution in [0.25, 0.3) is 0 Å². The summed E-state index contributed by atoms with van der Waals surface area (Å²) in [6.45, 7) is 4.09. The summed E-state index contributed by atoms with van der Waals surface area (Å²) >= 11 is 0.791. The van der Waals surface area contributed by atoms with Crippen LogP contribution in [0.3, 0.4) is 0 Å². The van der Waals surface area contributed by atoms with E-state index in [4.69, 9.17) is 9.47 Å². The van der Waals surface area contributed by atoms with Crippen LogP contribution in [-0.4, -0.2) is 45.3 Å². The molecule has 9 nitrogen and oxygen atoms in total. The summed E-state index contributed by atoms with van der Waals surface area (Å²) in [4.78, 5) is 12.5. The summed E-state index contributed by atoms with van der Waals surface area (Å²) in [5.41, 5.74) is 0.834. The number of methoxy groups -OCH3 is 2. The van der Waals surface area contributed by atoms with Crippen LogP contribution in [0.5, 0.6) is 11.5 Å². The maximum absolute atomic E-state index is 13.3. The Kier molecular flexibility index (Phi) is 7.31. The van der Waals surface area contributed by atoms with E-state index in [2.05, 4.69) is 15.5 Å². The average Bonchev–Trinajstić information content (AvgIpc) is 3.27. The molecule has 1 N–H and O–H groups in total. The minimum Gasteiger partial charge on any atom is -0.497 e. The number of benzene rings is 2. The van der Waals surface area contributed by atoms with E-state index in [0.717, 1.165) is 11.3 Å². The highest BCUT2D eigenvalue weighted by atomic mass is 32.2. The van der Waals surface area contributed by atoms with Crippen LogP contribution >= 0.6 is 11.3 Å². The third-order valence-electron chi connectivity index (χ3n) is 4.36. The second-order valence-corrected chi connectivity index (χ2v) is 10.2. The van der Waals surface area contributed by atoms with Gasteiger partial charge in [0.25, 0.3) is 20.3 Å². The number of carbonyl (C=O) groups excluding carboxylic acids is 1. The van der Waals surface area contributed by atoms with E-state index >= 15 is 0 Å². The summed E-state index contributed by atoms with van der Waals surface area (Å²) < 4.78 is 38.0. The molecule has 170 valence electrons. The molecule has 0 bridgehead atoms. The number of anilines is 2. The number of hydrogen-bond acceptors (Lipinski definition) is 8. The molecule has 1 aromatic heterocycles. The third-order valence-corrected chi connectivity index (χ3v) is 7.34. The Morgan fingerprint density at radius 1 is 1.06 bits per heavy atom. The zero-order valence-corrected chi connectivity index (χ0v) is 19.7. The molecule has 1 amide bonds. The monoisotopic (exact) mass is 476 g/mol. The molecule has 3 rings (SSSR count). The number of nitrogens with zero attached hydrogens (tertiary/aromatic N) is 3. The molecule has 0 aliphatic rings. The van der Waals surface area contributed by atoms with Gasteiger partial charge in [-0.1, -0.05) is 31.3 Å². The van der Waals surface area contributed by atoms with Crippen LogP contribution in [0.1, 0.15) is 24.2 Å². The zero-order valence-electron chi connectivity index (χ0n) is 18.1. The van der Waals surface area contributed by atoms with Gasteiger partial charge in [-0.15, -0.1) is 10.2 Å². The Bertz CT molecular complexity index is 1180. The molecule has 2 aromatic carbocycles. The quantitative estimate of drug-likeness (QED) is 0.469. The first kappa shape index (κ1) is 23.5. The van der Waals surface area contributed by atoms with E-state index in [1.165, 1.54) is 11.4 Å². The molecule has 11 heteroatoms. The van der Waals surface area contributed by atoms with Crippen LogP contribution in [0.15, 0.2) is 52.9 Å². The van der Waals surface area contributed by atoms with Crippen molar-refractivity contribution in [2.45, 2.75) is 18.2 Å². The van der Waals surface area contributed by atoms with Gasteiger partial charge in [0.05, 0.1) is 19.9 Å². The average molecular weight is 477 g/mol. The number of rotatable bonds is 9. The van der Waals surface area contributed by atoms with Crippen LogP contribution in [0.2, 0.25) is 0 Å². The number of ether oxygens (including phenoxy) is 2. The van der Waals surface area contributed by atoms with Crippen LogP contribution in [0, 0.1) is 5.92 Å². The van der Waals surface area contributed by atoms with E-state index in [1.807, 2.05) is 13.8 Å². The smallest absolute Gasteiger partial charge is 0.293 e. The molecule has 32 heavy (non-hydrogen) atoms. The van der Waals surface area contributed by atoms with Gasteiger partial charge >= 0.3 is 0 Å². The molecule has 3 aromatic rings.